The number of benzene rings is 2. The van der Waals surface area contributed by atoms with Crippen LogP contribution in [0.4, 0.5) is 18.9 Å². The van der Waals surface area contributed by atoms with E-state index in [4.69, 9.17) is 25.1 Å². The molecule has 0 radical (unpaired) electrons. The van der Waals surface area contributed by atoms with Gasteiger partial charge in [0.25, 0.3) is 0 Å². The van der Waals surface area contributed by atoms with Crippen molar-refractivity contribution in [2.75, 3.05) is 47.1 Å². The molecule has 2 aromatic carbocycles. The van der Waals surface area contributed by atoms with Gasteiger partial charge in [-0.15, -0.1) is 0 Å². The molecule has 2 aromatic rings. The van der Waals surface area contributed by atoms with E-state index >= 15 is 0 Å². The molecule has 382 valence electrons. The van der Waals surface area contributed by atoms with Gasteiger partial charge in [-0.05, 0) is 67.3 Å². The number of nitrogens with two attached hydrogens (primary N) is 1. The summed E-state index contributed by atoms with van der Waals surface area (Å²) >= 11 is 0. The number of nitrogen functional groups attached to an aromatic ring is 1. The third-order valence-electron chi connectivity index (χ3n) is 12.7. The highest BCUT2D eigenvalue weighted by Crippen LogP contribution is 2.30. The summed E-state index contributed by atoms with van der Waals surface area (Å²) in [7, 11) is 6.69. The Morgan fingerprint density at radius 3 is 1.93 bits per heavy atom. The van der Waals surface area contributed by atoms with E-state index in [0.717, 1.165) is 17.5 Å². The van der Waals surface area contributed by atoms with Crippen LogP contribution >= 0.6 is 0 Å². The van der Waals surface area contributed by atoms with Crippen LogP contribution < -0.4 is 16.4 Å². The van der Waals surface area contributed by atoms with Crippen molar-refractivity contribution in [3.05, 3.63) is 65.7 Å². The topological polar surface area (TPSA) is 221 Å². The van der Waals surface area contributed by atoms with Crippen LogP contribution in [0.3, 0.4) is 0 Å². The molecule has 1 aliphatic rings. The van der Waals surface area contributed by atoms with Gasteiger partial charge in [0.05, 0.1) is 42.7 Å². The summed E-state index contributed by atoms with van der Waals surface area (Å²) in [5.74, 6) is -6.15. The number of ether oxygens (including phenoxy) is 2. The average Bonchev–Trinajstić information content (AvgIpc) is 3.77. The van der Waals surface area contributed by atoms with Crippen LogP contribution in [0.1, 0.15) is 85.3 Å². The molecular formula is C49H75F3N6O10. The molecule has 68 heavy (non-hydrogen) atoms. The number of alkyl halides is 3. The van der Waals surface area contributed by atoms with Crippen LogP contribution in [0.5, 0.6) is 0 Å². The predicted molar refractivity (Wildman–Crippen MR) is 252 cm³/mol. The van der Waals surface area contributed by atoms with E-state index in [2.05, 4.69) is 10.6 Å². The Bertz CT molecular complexity index is 1920. The summed E-state index contributed by atoms with van der Waals surface area (Å²) in [6, 6.07) is 13.4. The SMILES string of the molecule is CC[C@H](C)[C@@H]([C@@H](CC(=O)N1CCCC1[C@H](OC)[C@@H](C)C(=O)N[C@@H](Cc1ccccc1)C(=O)O)OC)N(C)C(=O)C(NC(=O)C(C(C)C)N(C)CCc1ccc(N)cc1)C(C)C.O=C(O)C(F)(F)F. The lowest BCUT2D eigenvalue weighted by Crippen LogP contribution is -2.60. The van der Waals surface area contributed by atoms with Gasteiger partial charge in [-0.1, -0.05) is 97.4 Å². The van der Waals surface area contributed by atoms with Crippen LogP contribution in [-0.4, -0.2) is 150 Å². The van der Waals surface area contributed by atoms with Crippen LogP contribution in [0, 0.1) is 23.7 Å². The van der Waals surface area contributed by atoms with Gasteiger partial charge >= 0.3 is 18.1 Å². The van der Waals surface area contributed by atoms with Crippen LogP contribution in [0.2, 0.25) is 0 Å². The average molecular weight is 965 g/mol. The van der Waals surface area contributed by atoms with Gasteiger partial charge in [0.1, 0.15) is 12.1 Å². The molecule has 4 amide bonds. The number of hydrogen-bond acceptors (Lipinski definition) is 10. The van der Waals surface area contributed by atoms with Crippen molar-refractivity contribution < 1.29 is 61.6 Å². The first-order chi connectivity index (χ1) is 31.8. The first-order valence-corrected chi connectivity index (χ1v) is 23.1. The quantitative estimate of drug-likeness (QED) is 0.0850. The minimum atomic E-state index is -5.08. The minimum Gasteiger partial charge on any atom is -0.480 e. The van der Waals surface area contributed by atoms with E-state index in [1.165, 1.54) is 7.11 Å². The first kappa shape index (κ1) is 58.9. The second kappa shape index (κ2) is 27.7. The van der Waals surface area contributed by atoms with Gasteiger partial charge < -0.3 is 45.9 Å². The number of hydrogen-bond donors (Lipinski definition) is 5. The Balaban J connectivity index is 0.00000209. The number of carboxylic acids is 2. The summed E-state index contributed by atoms with van der Waals surface area (Å²) in [4.78, 5) is 82.9. The van der Waals surface area contributed by atoms with Crippen molar-refractivity contribution in [1.29, 1.82) is 0 Å². The summed E-state index contributed by atoms with van der Waals surface area (Å²) in [6.45, 7) is 14.7. The second-order valence-corrected chi connectivity index (χ2v) is 18.4. The molecule has 0 bridgehead atoms. The number of nitrogens with zero attached hydrogens (tertiary/aromatic N) is 3. The van der Waals surface area contributed by atoms with E-state index in [-0.39, 0.29) is 48.3 Å². The normalized spacial score (nSPS) is 17.5. The van der Waals surface area contributed by atoms with E-state index < -0.39 is 72.4 Å². The highest BCUT2D eigenvalue weighted by Gasteiger charge is 2.44. The second-order valence-electron chi connectivity index (χ2n) is 18.4. The number of aliphatic carboxylic acids is 2. The van der Waals surface area contributed by atoms with Gasteiger partial charge in [-0.25, -0.2) is 9.59 Å². The van der Waals surface area contributed by atoms with Crippen molar-refractivity contribution in [2.24, 2.45) is 23.7 Å². The van der Waals surface area contributed by atoms with E-state index in [0.29, 0.717) is 38.0 Å². The number of likely N-dealkylation sites (tertiary alicyclic amines) is 1. The number of rotatable bonds is 24. The number of likely N-dealkylation sites (N-methyl/N-ethyl adjacent to an activating group) is 2. The lowest BCUT2D eigenvalue weighted by atomic mass is 9.89. The van der Waals surface area contributed by atoms with Crippen molar-refractivity contribution >= 4 is 41.3 Å². The maximum Gasteiger partial charge on any atom is 0.490 e. The molecule has 9 atom stereocenters. The Morgan fingerprint density at radius 2 is 1.44 bits per heavy atom. The largest absolute Gasteiger partial charge is 0.490 e. The molecule has 0 saturated carbocycles. The minimum absolute atomic E-state index is 0.0261. The third kappa shape index (κ3) is 17.4. The number of methoxy groups -OCH3 is 2. The molecule has 1 heterocycles. The van der Waals surface area contributed by atoms with Crippen LogP contribution in [0.25, 0.3) is 0 Å². The lowest BCUT2D eigenvalue weighted by molar-refractivity contribution is -0.192. The molecule has 3 rings (SSSR count). The Hall–Kier alpha value is -5.27. The van der Waals surface area contributed by atoms with Crippen molar-refractivity contribution in [1.82, 2.24) is 25.3 Å². The van der Waals surface area contributed by atoms with E-state index in [1.807, 2.05) is 108 Å². The summed E-state index contributed by atoms with van der Waals surface area (Å²) in [5, 5.41) is 22.9. The molecule has 6 N–H and O–H groups in total. The Labute approximate surface area is 399 Å². The Kier molecular flexibility index (Phi) is 23.9. The van der Waals surface area contributed by atoms with E-state index in [1.54, 1.807) is 30.9 Å². The maximum atomic E-state index is 14.5. The predicted octanol–water partition coefficient (Wildman–Crippen LogP) is 5.27. The highest BCUT2D eigenvalue weighted by atomic mass is 19.4. The number of halogens is 3. The first-order valence-electron chi connectivity index (χ1n) is 23.1. The molecule has 0 spiro atoms. The molecule has 19 heteroatoms. The zero-order valence-corrected chi connectivity index (χ0v) is 41.4. The number of anilines is 1. The molecule has 0 aromatic heterocycles. The lowest BCUT2D eigenvalue weighted by Gasteiger charge is -2.41. The zero-order chi connectivity index (χ0) is 51.6. The fourth-order valence-corrected chi connectivity index (χ4v) is 8.77. The van der Waals surface area contributed by atoms with Crippen molar-refractivity contribution in [2.45, 2.75) is 136 Å². The fourth-order valence-electron chi connectivity index (χ4n) is 8.77. The van der Waals surface area contributed by atoms with Gasteiger partial charge in [0.15, 0.2) is 0 Å². The smallest absolute Gasteiger partial charge is 0.480 e. The fraction of sp³-hybridized carbons (Fsp3) is 0.633. The Morgan fingerprint density at radius 1 is 0.853 bits per heavy atom. The molecule has 1 saturated heterocycles. The molecule has 0 aliphatic carbocycles. The third-order valence-corrected chi connectivity index (χ3v) is 12.7. The van der Waals surface area contributed by atoms with Gasteiger partial charge in [0.2, 0.25) is 23.6 Å². The highest BCUT2D eigenvalue weighted by molar-refractivity contribution is 5.90. The number of nitrogens with one attached hydrogen (secondary N) is 2. The van der Waals surface area contributed by atoms with Gasteiger partial charge in [-0.3, -0.25) is 24.1 Å². The summed E-state index contributed by atoms with van der Waals surface area (Å²) < 4.78 is 43.7. The number of carboxylic acid groups (broad SMARTS) is 2. The standard InChI is InChI=1S/C47H74N6O8.C2HF3O2/c1-12-31(6)42(52(9)46(57)40(29(2)3)50-45(56)41(30(4)5)51(8)26-24-33-20-22-35(48)23-21-33)38(60-10)28-39(54)53-25-16-19-37(53)43(61-11)32(7)44(55)49-36(47(58)59)27-34-17-14-13-15-18-34;3-2(4,5)1(6)7/h13-15,17-18,20-23,29-32,36-38,40-43H,12,16,19,24-28,48H2,1-11H3,(H,49,55)(H,50,56)(H,58,59);(H,6,7)/t31-,32+,36-,37?,38+,40?,41?,42-,43+;/m0./s1. The van der Waals surface area contributed by atoms with Crippen LogP contribution in [-0.2, 0) is 51.1 Å². The zero-order valence-electron chi connectivity index (χ0n) is 41.4. The molecule has 16 nitrogen and oxygen atoms in total. The van der Waals surface area contributed by atoms with Crippen molar-refractivity contribution in [3.63, 3.8) is 0 Å². The summed E-state index contributed by atoms with van der Waals surface area (Å²) in [5.41, 5.74) is 8.46. The molecule has 1 aliphatic heterocycles. The monoisotopic (exact) mass is 965 g/mol. The maximum absolute atomic E-state index is 14.5. The van der Waals surface area contributed by atoms with E-state index in [9.17, 15) is 42.3 Å². The van der Waals surface area contributed by atoms with Crippen LogP contribution in [0.15, 0.2) is 54.6 Å². The molecule has 3 unspecified atom stereocenters. The van der Waals surface area contributed by atoms with Crippen molar-refractivity contribution in [3.8, 4) is 0 Å². The number of carbonyl (C=O) groups is 6. The molecule has 1 fully saturated rings. The number of amides is 4. The van der Waals surface area contributed by atoms with Gasteiger partial charge in [0, 0.05) is 46.5 Å². The molecular weight excluding hydrogens is 890 g/mol. The van der Waals surface area contributed by atoms with Gasteiger partial charge in [-0.2, -0.15) is 13.2 Å². The summed E-state index contributed by atoms with van der Waals surface area (Å²) in [6.07, 6.45) is -3.63. The number of carbonyl (C=O) groups excluding carboxylic acids is 4.